The Hall–Kier alpha value is -3.43. The van der Waals surface area contributed by atoms with Crippen LogP contribution in [0.4, 0.5) is 0 Å². The van der Waals surface area contributed by atoms with Crippen LogP contribution in [0.1, 0.15) is 92.7 Å². The summed E-state index contributed by atoms with van der Waals surface area (Å²) in [6.45, 7) is 0.950. The van der Waals surface area contributed by atoms with Gasteiger partial charge in [0.2, 0.25) is 0 Å². The Bertz CT molecular complexity index is 1940. The third-order valence-electron chi connectivity index (χ3n) is 10.5. The van der Waals surface area contributed by atoms with Crippen LogP contribution in [0.5, 0.6) is 0 Å². The molecule has 4 aromatic carbocycles. The number of nitrogens with zero attached hydrogens (tertiary/aromatic N) is 2. The van der Waals surface area contributed by atoms with Crippen LogP contribution >= 0.6 is 11.3 Å². The van der Waals surface area contributed by atoms with E-state index >= 15 is 0 Å². The highest BCUT2D eigenvalue weighted by Crippen LogP contribution is 2.50. The lowest BCUT2D eigenvalue weighted by atomic mass is 9.78. The van der Waals surface area contributed by atoms with E-state index in [2.05, 4.69) is 99.3 Å². The zero-order valence-electron chi connectivity index (χ0n) is 23.7. The van der Waals surface area contributed by atoms with Crippen molar-refractivity contribution in [3.63, 3.8) is 0 Å². The van der Waals surface area contributed by atoms with Gasteiger partial charge in [-0.15, -0.1) is 11.3 Å². The topological polar surface area (TPSA) is 8.81 Å². The molecule has 204 valence electrons. The maximum atomic E-state index is 2.74. The summed E-state index contributed by atoms with van der Waals surface area (Å²) in [7, 11) is 0. The van der Waals surface area contributed by atoms with Gasteiger partial charge in [-0.3, -0.25) is 0 Å². The standard InChI is InChI=1S/C38H37N2S/c1-3-13-25(14-4-1)30-23-31(26-15-5-2-6-16-26)37-35(29-19-9-12-22-34(29)41-37)36(30)40-33-21-11-10-20-32(33)39-24-27-17-7-8-18-28(27)38(39)40/h7-12,17-23,25-26H,1-6,13-16,24H2/q+1. The number of thiophene rings is 1. The van der Waals surface area contributed by atoms with Crippen LogP contribution in [0.25, 0.3) is 48.3 Å². The fraction of sp³-hybridized carbons (Fsp3) is 0.342. The van der Waals surface area contributed by atoms with Crippen LogP contribution < -0.4 is 4.57 Å². The molecule has 1 aliphatic heterocycles. The van der Waals surface area contributed by atoms with Gasteiger partial charge in [-0.25, -0.2) is 4.57 Å². The van der Waals surface area contributed by atoms with E-state index < -0.39 is 0 Å². The number of rotatable bonds is 3. The van der Waals surface area contributed by atoms with Gasteiger partial charge in [0.05, 0.1) is 5.56 Å². The molecule has 0 bridgehead atoms. The quantitative estimate of drug-likeness (QED) is 0.192. The van der Waals surface area contributed by atoms with Gasteiger partial charge in [-0.2, -0.15) is 4.57 Å². The summed E-state index contributed by atoms with van der Waals surface area (Å²) >= 11 is 2.05. The van der Waals surface area contributed by atoms with Crippen LogP contribution in [0.2, 0.25) is 0 Å². The molecular weight excluding hydrogens is 516 g/mol. The average molecular weight is 554 g/mol. The van der Waals surface area contributed by atoms with Gasteiger partial charge >= 0.3 is 0 Å². The van der Waals surface area contributed by atoms with Gasteiger partial charge < -0.3 is 0 Å². The van der Waals surface area contributed by atoms with Gasteiger partial charge in [0.1, 0.15) is 12.2 Å². The number of benzene rings is 4. The molecule has 3 aliphatic rings. The van der Waals surface area contributed by atoms with Crippen molar-refractivity contribution in [2.24, 2.45) is 0 Å². The number of aromatic nitrogens is 2. The predicted octanol–water partition coefficient (Wildman–Crippen LogP) is 10.4. The van der Waals surface area contributed by atoms with Crippen molar-refractivity contribution in [1.29, 1.82) is 0 Å². The second kappa shape index (κ2) is 9.56. The Morgan fingerprint density at radius 2 is 1.37 bits per heavy atom. The van der Waals surface area contributed by atoms with Gasteiger partial charge in [0.15, 0.2) is 11.0 Å². The Morgan fingerprint density at radius 3 is 2.20 bits per heavy atom. The first-order valence-corrected chi connectivity index (χ1v) is 16.8. The molecule has 2 aliphatic carbocycles. The van der Waals surface area contributed by atoms with Crippen molar-refractivity contribution in [1.82, 2.24) is 4.57 Å². The molecule has 2 saturated carbocycles. The lowest BCUT2D eigenvalue weighted by Crippen LogP contribution is -2.31. The van der Waals surface area contributed by atoms with Crippen molar-refractivity contribution in [3.8, 4) is 17.1 Å². The smallest absolute Gasteiger partial charge is 0.218 e. The molecule has 0 unspecified atom stereocenters. The van der Waals surface area contributed by atoms with Crippen LogP contribution in [-0.4, -0.2) is 4.57 Å². The fourth-order valence-electron chi connectivity index (χ4n) is 8.54. The molecule has 0 N–H and O–H groups in total. The van der Waals surface area contributed by atoms with Crippen LogP contribution in [-0.2, 0) is 6.54 Å². The fourth-order valence-corrected chi connectivity index (χ4v) is 9.84. The van der Waals surface area contributed by atoms with Gasteiger partial charge in [-0.1, -0.05) is 87.1 Å². The van der Waals surface area contributed by atoms with Crippen LogP contribution in [0, 0.1) is 0 Å². The molecule has 41 heavy (non-hydrogen) atoms. The molecule has 0 amide bonds. The summed E-state index contributed by atoms with van der Waals surface area (Å²) in [5, 5.41) is 2.96. The maximum Gasteiger partial charge on any atom is 0.295 e. The van der Waals surface area contributed by atoms with E-state index in [1.54, 1.807) is 15.8 Å². The summed E-state index contributed by atoms with van der Waals surface area (Å²) < 4.78 is 8.27. The molecular formula is C38H37N2S+. The number of hydrogen-bond acceptors (Lipinski definition) is 1. The van der Waals surface area contributed by atoms with E-state index in [1.165, 1.54) is 113 Å². The van der Waals surface area contributed by atoms with Crippen molar-refractivity contribution >= 4 is 42.5 Å². The second-order valence-corrected chi connectivity index (χ2v) is 13.8. The lowest BCUT2D eigenvalue weighted by molar-refractivity contribution is -0.645. The van der Waals surface area contributed by atoms with E-state index in [4.69, 9.17) is 0 Å². The number of fused-ring (bicyclic) bond motifs is 8. The van der Waals surface area contributed by atoms with E-state index in [-0.39, 0.29) is 0 Å². The summed E-state index contributed by atoms with van der Waals surface area (Å²) in [6.07, 6.45) is 13.6. The SMILES string of the molecule is c1ccc2c(c1)C[n+]1c-2n(-c2c(C3CCCCC3)cc(C3CCCCC3)c3sc4ccccc4c23)c2ccccc21. The van der Waals surface area contributed by atoms with Crippen molar-refractivity contribution in [2.75, 3.05) is 0 Å². The molecule has 2 nitrogen and oxygen atoms in total. The molecule has 3 heterocycles. The Labute approximate surface area is 246 Å². The largest absolute Gasteiger partial charge is 0.295 e. The molecule has 2 aromatic heterocycles. The minimum absolute atomic E-state index is 0.627. The monoisotopic (exact) mass is 553 g/mol. The van der Waals surface area contributed by atoms with Gasteiger partial charge in [0, 0.05) is 31.3 Å². The van der Waals surface area contributed by atoms with E-state index in [0.717, 1.165) is 6.54 Å². The molecule has 0 saturated heterocycles. The molecule has 0 spiro atoms. The Morgan fingerprint density at radius 1 is 0.683 bits per heavy atom. The average Bonchev–Trinajstić information content (AvgIpc) is 3.71. The zero-order valence-corrected chi connectivity index (χ0v) is 24.6. The van der Waals surface area contributed by atoms with Gasteiger partial charge in [-0.05, 0) is 73.4 Å². The molecule has 0 atom stereocenters. The molecule has 6 aromatic rings. The number of hydrogen-bond donors (Lipinski definition) is 0. The first-order chi connectivity index (χ1) is 20.4. The van der Waals surface area contributed by atoms with Crippen molar-refractivity contribution in [3.05, 3.63) is 95.6 Å². The molecule has 3 heteroatoms. The summed E-state index contributed by atoms with van der Waals surface area (Å²) in [6, 6.07) is 30.2. The third kappa shape index (κ3) is 3.64. The number of imidazole rings is 1. The number of para-hydroxylation sites is 2. The summed E-state index contributed by atoms with van der Waals surface area (Å²) in [5.74, 6) is 2.68. The summed E-state index contributed by atoms with van der Waals surface area (Å²) in [4.78, 5) is 0. The van der Waals surface area contributed by atoms with Crippen molar-refractivity contribution in [2.45, 2.75) is 82.6 Å². The highest BCUT2D eigenvalue weighted by molar-refractivity contribution is 7.26. The Kier molecular flexibility index (Phi) is 5.64. The first kappa shape index (κ1) is 24.2. The van der Waals surface area contributed by atoms with Crippen LogP contribution in [0.3, 0.4) is 0 Å². The Balaban J connectivity index is 1.46. The first-order valence-electron chi connectivity index (χ1n) is 16.0. The normalized spacial score (nSPS) is 18.0. The maximum absolute atomic E-state index is 2.74. The van der Waals surface area contributed by atoms with Crippen LogP contribution in [0.15, 0.2) is 78.9 Å². The van der Waals surface area contributed by atoms with E-state index in [9.17, 15) is 0 Å². The van der Waals surface area contributed by atoms with Crippen molar-refractivity contribution < 1.29 is 4.57 Å². The van der Waals surface area contributed by atoms with Gasteiger partial charge in [0.25, 0.3) is 5.82 Å². The molecule has 2 fully saturated rings. The van der Waals surface area contributed by atoms with E-state index in [0.29, 0.717) is 11.8 Å². The van der Waals surface area contributed by atoms with E-state index in [1.807, 2.05) is 0 Å². The molecule has 0 radical (unpaired) electrons. The highest BCUT2D eigenvalue weighted by Gasteiger charge is 2.38. The predicted molar refractivity (Wildman–Crippen MR) is 173 cm³/mol. The summed E-state index contributed by atoms with van der Waals surface area (Å²) in [5.41, 5.74) is 10.3. The molecule has 9 rings (SSSR count). The minimum atomic E-state index is 0.627. The third-order valence-corrected chi connectivity index (χ3v) is 11.7. The zero-order chi connectivity index (χ0) is 26.9. The highest BCUT2D eigenvalue weighted by atomic mass is 32.1. The minimum Gasteiger partial charge on any atom is -0.218 e. The lowest BCUT2D eigenvalue weighted by Gasteiger charge is -2.28. The second-order valence-electron chi connectivity index (χ2n) is 12.8.